The lowest BCUT2D eigenvalue weighted by Gasteiger charge is -2.26. The number of aromatic nitrogens is 4. The highest BCUT2D eigenvalue weighted by Gasteiger charge is 2.31. The summed E-state index contributed by atoms with van der Waals surface area (Å²) < 4.78 is 28.1. The highest BCUT2D eigenvalue weighted by atomic mass is 32.2. The van der Waals surface area contributed by atoms with Gasteiger partial charge in [-0.25, -0.2) is 13.4 Å². The lowest BCUT2D eigenvalue weighted by atomic mass is 10.4. The first kappa shape index (κ1) is 12.1. The minimum absolute atomic E-state index is 0.108. The van der Waals surface area contributed by atoms with Crippen molar-refractivity contribution in [2.75, 3.05) is 12.3 Å². The highest BCUT2D eigenvalue weighted by Crippen LogP contribution is 2.22. The first-order chi connectivity index (χ1) is 9.09. The average molecular weight is 280 g/mol. The Bertz CT molecular complexity index is 710. The molecule has 0 saturated carbocycles. The normalized spacial score (nSPS) is 16.2. The van der Waals surface area contributed by atoms with Gasteiger partial charge >= 0.3 is 0 Å². The first-order valence-electron chi connectivity index (χ1n) is 5.66. The molecular weight excluding hydrogens is 268 g/mol. The largest absolute Gasteiger partial charge is 0.396 e. The zero-order chi connectivity index (χ0) is 13.5. The van der Waals surface area contributed by atoms with Crippen LogP contribution in [0.3, 0.4) is 0 Å². The van der Waals surface area contributed by atoms with E-state index in [2.05, 4.69) is 15.2 Å². The van der Waals surface area contributed by atoms with E-state index >= 15 is 0 Å². The molecule has 8 nitrogen and oxygen atoms in total. The summed E-state index contributed by atoms with van der Waals surface area (Å²) in [6.45, 7) is 1.05. The number of anilines is 1. The van der Waals surface area contributed by atoms with Crippen LogP contribution in [-0.4, -0.2) is 39.0 Å². The summed E-state index contributed by atoms with van der Waals surface area (Å²) in [5.74, 6) is 0.615. The van der Waals surface area contributed by atoms with Crippen molar-refractivity contribution < 1.29 is 8.42 Å². The molecule has 0 radical (unpaired) electrons. The van der Waals surface area contributed by atoms with Crippen LogP contribution in [-0.2, 0) is 23.1 Å². The number of nitrogen functional groups attached to an aromatic ring is 1. The van der Waals surface area contributed by atoms with Crippen LogP contribution in [0.4, 0.5) is 5.69 Å². The summed E-state index contributed by atoms with van der Waals surface area (Å²) in [5, 5.41) is 7.55. The minimum atomic E-state index is -3.70. The van der Waals surface area contributed by atoms with Gasteiger partial charge in [0.25, 0.3) is 10.0 Å². The third-order valence-electron chi connectivity index (χ3n) is 2.99. The van der Waals surface area contributed by atoms with Crippen LogP contribution in [0.25, 0.3) is 0 Å². The van der Waals surface area contributed by atoms with Crippen LogP contribution < -0.4 is 5.73 Å². The molecule has 2 aromatic heterocycles. The van der Waals surface area contributed by atoms with Crippen LogP contribution >= 0.6 is 0 Å². The van der Waals surface area contributed by atoms with Crippen molar-refractivity contribution in [1.29, 1.82) is 0 Å². The number of fused-ring (bicyclic) bond motifs is 1. The summed E-state index contributed by atoms with van der Waals surface area (Å²) in [6.07, 6.45) is 3.00. The molecule has 1 aliphatic heterocycles. The standard InChI is InChI=1S/C10H12N6O2S/c11-8-2-1-3-12-10(8)19(17,18)16-5-4-15-7-13-14-9(15)6-16/h1-3,7H,4-6,11H2. The van der Waals surface area contributed by atoms with Gasteiger partial charge in [-0.2, -0.15) is 4.31 Å². The number of pyridine rings is 1. The van der Waals surface area contributed by atoms with Crippen LogP contribution in [0.5, 0.6) is 0 Å². The number of hydrogen-bond donors (Lipinski definition) is 1. The second-order valence-electron chi connectivity index (χ2n) is 4.18. The topological polar surface area (TPSA) is 107 Å². The van der Waals surface area contributed by atoms with Gasteiger partial charge in [0, 0.05) is 19.3 Å². The smallest absolute Gasteiger partial charge is 0.263 e. The summed E-state index contributed by atoms with van der Waals surface area (Å²) in [5.41, 5.74) is 5.83. The molecule has 0 aromatic carbocycles. The van der Waals surface area contributed by atoms with Gasteiger partial charge in [0.15, 0.2) is 5.03 Å². The number of nitrogens with two attached hydrogens (primary N) is 1. The summed E-state index contributed by atoms with van der Waals surface area (Å²) in [6, 6.07) is 3.12. The molecule has 9 heteroatoms. The van der Waals surface area contributed by atoms with Gasteiger partial charge in [0.05, 0.1) is 12.2 Å². The Balaban J connectivity index is 1.97. The molecule has 0 spiro atoms. The Morgan fingerprint density at radius 3 is 2.95 bits per heavy atom. The van der Waals surface area contributed by atoms with E-state index in [1.165, 1.54) is 16.6 Å². The van der Waals surface area contributed by atoms with Crippen molar-refractivity contribution in [3.63, 3.8) is 0 Å². The Kier molecular flexibility index (Phi) is 2.72. The first-order valence-corrected chi connectivity index (χ1v) is 7.10. The van der Waals surface area contributed by atoms with Gasteiger partial charge in [-0.15, -0.1) is 10.2 Å². The summed E-state index contributed by atoms with van der Waals surface area (Å²) in [7, 11) is -3.70. The summed E-state index contributed by atoms with van der Waals surface area (Å²) >= 11 is 0. The molecule has 3 rings (SSSR count). The van der Waals surface area contributed by atoms with E-state index < -0.39 is 10.0 Å². The average Bonchev–Trinajstić information content (AvgIpc) is 2.86. The number of hydrogen-bond acceptors (Lipinski definition) is 6. The Morgan fingerprint density at radius 2 is 2.16 bits per heavy atom. The van der Waals surface area contributed by atoms with Gasteiger partial charge < -0.3 is 10.3 Å². The molecular formula is C10H12N6O2S. The van der Waals surface area contributed by atoms with Gasteiger partial charge in [0.2, 0.25) is 0 Å². The maximum absolute atomic E-state index is 12.5. The summed E-state index contributed by atoms with van der Waals surface area (Å²) in [4.78, 5) is 3.87. The molecule has 3 heterocycles. The molecule has 0 aliphatic carbocycles. The second kappa shape index (κ2) is 4.28. The van der Waals surface area contributed by atoms with Crippen LogP contribution in [0, 0.1) is 0 Å². The Hall–Kier alpha value is -2.00. The van der Waals surface area contributed by atoms with Crippen molar-refractivity contribution in [1.82, 2.24) is 24.1 Å². The van der Waals surface area contributed by atoms with Crippen molar-refractivity contribution >= 4 is 15.7 Å². The predicted octanol–water partition coefficient (Wildman–Crippen LogP) is -0.540. The molecule has 2 N–H and O–H groups in total. The Morgan fingerprint density at radius 1 is 1.32 bits per heavy atom. The maximum Gasteiger partial charge on any atom is 0.263 e. The van der Waals surface area contributed by atoms with Gasteiger partial charge in [-0.1, -0.05) is 0 Å². The number of rotatable bonds is 2. The van der Waals surface area contributed by atoms with Gasteiger partial charge in [-0.3, -0.25) is 0 Å². The molecule has 0 atom stereocenters. The lowest BCUT2D eigenvalue weighted by molar-refractivity contribution is 0.334. The van der Waals surface area contributed by atoms with Crippen molar-refractivity contribution in [2.24, 2.45) is 0 Å². The van der Waals surface area contributed by atoms with Crippen molar-refractivity contribution in [3.05, 3.63) is 30.5 Å². The van der Waals surface area contributed by atoms with E-state index in [1.54, 1.807) is 12.4 Å². The zero-order valence-corrected chi connectivity index (χ0v) is 10.8. The highest BCUT2D eigenvalue weighted by molar-refractivity contribution is 7.89. The van der Waals surface area contributed by atoms with Crippen LogP contribution in [0.1, 0.15) is 5.82 Å². The van der Waals surface area contributed by atoms with E-state index in [9.17, 15) is 8.42 Å². The van der Waals surface area contributed by atoms with E-state index in [0.717, 1.165) is 0 Å². The third-order valence-corrected chi connectivity index (χ3v) is 4.81. The van der Waals surface area contributed by atoms with Gasteiger partial charge in [-0.05, 0) is 12.1 Å². The maximum atomic E-state index is 12.5. The monoisotopic (exact) mass is 280 g/mol. The van der Waals surface area contributed by atoms with E-state index in [4.69, 9.17) is 5.73 Å². The lowest BCUT2D eigenvalue weighted by Crippen LogP contribution is -2.38. The number of sulfonamides is 1. The molecule has 0 saturated heterocycles. The fourth-order valence-corrected chi connectivity index (χ4v) is 3.40. The van der Waals surface area contributed by atoms with E-state index in [0.29, 0.717) is 18.9 Å². The number of nitrogens with zero attached hydrogens (tertiary/aromatic N) is 5. The molecule has 1 aliphatic rings. The third kappa shape index (κ3) is 1.96. The fourth-order valence-electron chi connectivity index (χ4n) is 1.99. The van der Waals surface area contributed by atoms with Crippen LogP contribution in [0.2, 0.25) is 0 Å². The van der Waals surface area contributed by atoms with E-state index in [1.807, 2.05) is 4.57 Å². The quantitative estimate of drug-likeness (QED) is 0.791. The van der Waals surface area contributed by atoms with E-state index in [-0.39, 0.29) is 17.3 Å². The van der Waals surface area contributed by atoms with Gasteiger partial charge in [0.1, 0.15) is 12.2 Å². The molecule has 0 fully saturated rings. The Labute approximate surface area is 109 Å². The second-order valence-corrected chi connectivity index (χ2v) is 6.03. The fraction of sp³-hybridized carbons (Fsp3) is 0.300. The molecule has 0 amide bonds. The molecule has 0 bridgehead atoms. The van der Waals surface area contributed by atoms with Crippen molar-refractivity contribution in [2.45, 2.75) is 18.1 Å². The van der Waals surface area contributed by atoms with Crippen molar-refractivity contribution in [3.8, 4) is 0 Å². The molecule has 100 valence electrons. The molecule has 2 aromatic rings. The predicted molar refractivity (Wildman–Crippen MR) is 66.3 cm³/mol. The zero-order valence-electron chi connectivity index (χ0n) is 9.97. The molecule has 19 heavy (non-hydrogen) atoms. The van der Waals surface area contributed by atoms with Crippen LogP contribution in [0.15, 0.2) is 29.7 Å². The SMILES string of the molecule is Nc1cccnc1S(=O)(=O)N1CCn2cnnc2C1. The molecule has 0 unspecified atom stereocenters. The minimum Gasteiger partial charge on any atom is -0.396 e.